The predicted octanol–water partition coefficient (Wildman–Crippen LogP) is 0.301. The summed E-state index contributed by atoms with van der Waals surface area (Å²) in [5.41, 5.74) is 0. The first-order valence-corrected chi connectivity index (χ1v) is 3.61. The maximum absolute atomic E-state index is 10.8. The third-order valence-electron chi connectivity index (χ3n) is 1.75. The molecule has 1 rings (SSSR count). The molecule has 10 heavy (non-hydrogen) atoms. The molecule has 0 radical (unpaired) electrons. The van der Waals surface area contributed by atoms with Gasteiger partial charge in [-0.05, 0) is 19.3 Å². The molecule has 0 bridgehead atoms. The Morgan fingerprint density at radius 1 is 1.70 bits per heavy atom. The summed E-state index contributed by atoms with van der Waals surface area (Å²) in [6, 6.07) is 0.433. The van der Waals surface area contributed by atoms with Crippen molar-refractivity contribution < 1.29 is 9.53 Å². The van der Waals surface area contributed by atoms with Crippen molar-refractivity contribution >= 4 is 5.91 Å². The fourth-order valence-electron chi connectivity index (χ4n) is 0.953. The van der Waals surface area contributed by atoms with Gasteiger partial charge in [0.05, 0.1) is 0 Å². The van der Waals surface area contributed by atoms with Gasteiger partial charge in [-0.2, -0.15) is 0 Å². The summed E-state index contributed by atoms with van der Waals surface area (Å²) < 4.78 is 4.66. The van der Waals surface area contributed by atoms with Crippen molar-refractivity contribution in [2.75, 3.05) is 13.7 Å². The van der Waals surface area contributed by atoms with Crippen molar-refractivity contribution in [3.05, 3.63) is 0 Å². The number of nitrogens with one attached hydrogen (secondary N) is 1. The highest BCUT2D eigenvalue weighted by Gasteiger charge is 2.18. The Kier molecular flexibility index (Phi) is 2.68. The predicted molar refractivity (Wildman–Crippen MR) is 37.7 cm³/mol. The van der Waals surface area contributed by atoms with Gasteiger partial charge in [0.1, 0.15) is 6.61 Å². The number of amides is 1. The second-order valence-electron chi connectivity index (χ2n) is 2.63. The van der Waals surface area contributed by atoms with Gasteiger partial charge in [0.2, 0.25) is 5.91 Å². The zero-order chi connectivity index (χ0) is 7.40. The van der Waals surface area contributed by atoms with Gasteiger partial charge in [-0.3, -0.25) is 4.79 Å². The molecule has 0 heterocycles. The summed E-state index contributed by atoms with van der Waals surface area (Å²) in [6.07, 6.45) is 3.52. The molecule has 0 aliphatic heterocycles. The van der Waals surface area contributed by atoms with Crippen LogP contribution in [-0.2, 0) is 9.53 Å². The molecule has 3 heteroatoms. The van der Waals surface area contributed by atoms with Crippen LogP contribution in [0.15, 0.2) is 0 Å². The van der Waals surface area contributed by atoms with E-state index >= 15 is 0 Å². The van der Waals surface area contributed by atoms with Crippen LogP contribution in [0.4, 0.5) is 0 Å². The summed E-state index contributed by atoms with van der Waals surface area (Å²) in [7, 11) is 1.53. The van der Waals surface area contributed by atoms with Gasteiger partial charge in [-0.25, -0.2) is 0 Å². The highest BCUT2D eigenvalue weighted by molar-refractivity contribution is 5.77. The number of rotatable bonds is 3. The van der Waals surface area contributed by atoms with Crippen LogP contribution in [0.3, 0.4) is 0 Å². The van der Waals surface area contributed by atoms with E-state index in [9.17, 15) is 4.79 Å². The average Bonchev–Trinajstić information content (AvgIpc) is 1.80. The third-order valence-corrected chi connectivity index (χ3v) is 1.75. The minimum atomic E-state index is 0.00667. The van der Waals surface area contributed by atoms with E-state index in [1.165, 1.54) is 13.5 Å². The number of hydrogen-bond acceptors (Lipinski definition) is 2. The van der Waals surface area contributed by atoms with Crippen molar-refractivity contribution in [1.29, 1.82) is 0 Å². The lowest BCUT2D eigenvalue weighted by Crippen LogP contribution is -2.41. The van der Waals surface area contributed by atoms with Crippen LogP contribution < -0.4 is 5.32 Å². The third kappa shape index (κ3) is 1.99. The Morgan fingerprint density at radius 2 is 2.40 bits per heavy atom. The zero-order valence-corrected chi connectivity index (χ0v) is 6.22. The number of carbonyl (C=O) groups excluding carboxylic acids is 1. The van der Waals surface area contributed by atoms with E-state index in [1.807, 2.05) is 0 Å². The van der Waals surface area contributed by atoms with Crippen LogP contribution in [-0.4, -0.2) is 25.7 Å². The van der Waals surface area contributed by atoms with Gasteiger partial charge in [0.15, 0.2) is 0 Å². The van der Waals surface area contributed by atoms with Crippen molar-refractivity contribution in [2.45, 2.75) is 25.3 Å². The van der Waals surface area contributed by atoms with Crippen molar-refractivity contribution in [2.24, 2.45) is 0 Å². The molecule has 0 atom stereocenters. The normalized spacial score (nSPS) is 18.1. The van der Waals surface area contributed by atoms with E-state index in [1.54, 1.807) is 0 Å². The zero-order valence-electron chi connectivity index (χ0n) is 6.22. The van der Waals surface area contributed by atoms with Gasteiger partial charge in [0, 0.05) is 13.2 Å². The van der Waals surface area contributed by atoms with Crippen molar-refractivity contribution in [3.63, 3.8) is 0 Å². The highest BCUT2D eigenvalue weighted by Crippen LogP contribution is 2.17. The van der Waals surface area contributed by atoms with Gasteiger partial charge < -0.3 is 10.1 Å². The molecule has 1 amide bonds. The molecule has 58 valence electrons. The number of methoxy groups -OCH3 is 1. The van der Waals surface area contributed by atoms with E-state index in [2.05, 4.69) is 10.1 Å². The van der Waals surface area contributed by atoms with Crippen LogP contribution in [0.2, 0.25) is 0 Å². The van der Waals surface area contributed by atoms with Gasteiger partial charge in [-0.1, -0.05) is 0 Å². The van der Waals surface area contributed by atoms with Crippen molar-refractivity contribution in [3.8, 4) is 0 Å². The molecule has 1 N–H and O–H groups in total. The Labute approximate surface area is 60.7 Å². The second kappa shape index (κ2) is 3.56. The van der Waals surface area contributed by atoms with Crippen LogP contribution in [0.1, 0.15) is 19.3 Å². The molecular formula is C7H13NO2. The first-order chi connectivity index (χ1) is 4.83. The van der Waals surface area contributed by atoms with E-state index < -0.39 is 0 Å². The lowest BCUT2D eigenvalue weighted by Gasteiger charge is -2.26. The minimum Gasteiger partial charge on any atom is -0.375 e. The summed E-state index contributed by atoms with van der Waals surface area (Å²) in [4.78, 5) is 10.8. The van der Waals surface area contributed by atoms with E-state index in [0.29, 0.717) is 6.04 Å². The largest absolute Gasteiger partial charge is 0.375 e. The van der Waals surface area contributed by atoms with E-state index in [4.69, 9.17) is 0 Å². The first kappa shape index (κ1) is 7.54. The summed E-state index contributed by atoms with van der Waals surface area (Å²) in [6.45, 7) is 0.191. The fraction of sp³-hybridized carbons (Fsp3) is 0.857. The molecule has 1 aliphatic rings. The molecule has 1 aliphatic carbocycles. The summed E-state index contributed by atoms with van der Waals surface area (Å²) >= 11 is 0. The van der Waals surface area contributed by atoms with Crippen LogP contribution >= 0.6 is 0 Å². The molecule has 1 fully saturated rings. The Bertz CT molecular complexity index is 121. The maximum atomic E-state index is 10.8. The Hall–Kier alpha value is -0.570. The number of hydrogen-bond donors (Lipinski definition) is 1. The molecule has 1 saturated carbocycles. The van der Waals surface area contributed by atoms with E-state index in [-0.39, 0.29) is 12.5 Å². The fourth-order valence-corrected chi connectivity index (χ4v) is 0.953. The van der Waals surface area contributed by atoms with Crippen LogP contribution in [0, 0.1) is 0 Å². The molecule has 0 spiro atoms. The average molecular weight is 143 g/mol. The quantitative estimate of drug-likeness (QED) is 0.617. The highest BCUT2D eigenvalue weighted by atomic mass is 16.5. The summed E-state index contributed by atoms with van der Waals surface area (Å²) in [5, 5.41) is 2.85. The van der Waals surface area contributed by atoms with Crippen LogP contribution in [0.25, 0.3) is 0 Å². The van der Waals surface area contributed by atoms with Gasteiger partial charge in [0.25, 0.3) is 0 Å². The molecule has 0 aromatic rings. The molecule has 3 nitrogen and oxygen atoms in total. The monoisotopic (exact) mass is 143 g/mol. The molecule has 0 aromatic carbocycles. The molecular weight excluding hydrogens is 130 g/mol. The van der Waals surface area contributed by atoms with Gasteiger partial charge in [-0.15, -0.1) is 0 Å². The lowest BCUT2D eigenvalue weighted by molar-refractivity contribution is -0.125. The van der Waals surface area contributed by atoms with Crippen molar-refractivity contribution in [1.82, 2.24) is 5.32 Å². The Balaban J connectivity index is 2.05. The SMILES string of the molecule is COCC(=O)NC1CCC1. The lowest BCUT2D eigenvalue weighted by atomic mass is 9.93. The molecule has 0 aromatic heterocycles. The maximum Gasteiger partial charge on any atom is 0.246 e. The smallest absolute Gasteiger partial charge is 0.246 e. The van der Waals surface area contributed by atoms with Crippen LogP contribution in [0.5, 0.6) is 0 Å². The number of carbonyl (C=O) groups is 1. The minimum absolute atomic E-state index is 0.00667. The first-order valence-electron chi connectivity index (χ1n) is 3.61. The Morgan fingerprint density at radius 3 is 2.80 bits per heavy atom. The van der Waals surface area contributed by atoms with E-state index in [0.717, 1.165) is 12.8 Å². The molecule has 0 unspecified atom stereocenters. The number of ether oxygens (including phenoxy) is 1. The molecule has 0 saturated heterocycles. The topological polar surface area (TPSA) is 38.3 Å². The van der Waals surface area contributed by atoms with Gasteiger partial charge >= 0.3 is 0 Å². The second-order valence-corrected chi connectivity index (χ2v) is 2.63. The summed E-state index contributed by atoms with van der Waals surface area (Å²) in [5.74, 6) is 0.00667. The standard InChI is InChI=1S/C7H13NO2/c1-10-5-7(9)8-6-3-2-4-6/h6H,2-5H2,1H3,(H,8,9).